The molecule has 1 aromatic carbocycles. The first-order valence-electron chi connectivity index (χ1n) is 5.61. The zero-order chi connectivity index (χ0) is 13.5. The van der Waals surface area contributed by atoms with E-state index in [-0.39, 0.29) is 12.5 Å². The Labute approximate surface area is 110 Å². The second-order valence-electron chi connectivity index (χ2n) is 3.71. The molecule has 5 heteroatoms. The Morgan fingerprint density at radius 1 is 1.32 bits per heavy atom. The van der Waals surface area contributed by atoms with Gasteiger partial charge in [0, 0.05) is 11.9 Å². The number of nitrogens with one attached hydrogen (secondary N) is 1. The lowest BCUT2D eigenvalue weighted by Crippen LogP contribution is -2.20. The lowest BCUT2D eigenvalue weighted by molar-refractivity contribution is -0.118. The molecule has 1 amide bonds. The van der Waals surface area contributed by atoms with Gasteiger partial charge in [0.2, 0.25) is 0 Å². The molecule has 0 unspecified atom stereocenters. The summed E-state index contributed by atoms with van der Waals surface area (Å²) < 4.78 is 5.26. The highest BCUT2D eigenvalue weighted by molar-refractivity contribution is 5.91. The Hall–Kier alpha value is -2.87. The maximum absolute atomic E-state index is 11.6. The van der Waals surface area contributed by atoms with Crippen LogP contribution in [-0.4, -0.2) is 17.5 Å². The molecule has 2 rings (SSSR count). The fourth-order valence-electron chi connectivity index (χ4n) is 1.41. The largest absolute Gasteiger partial charge is 0.482 e. The van der Waals surface area contributed by atoms with Gasteiger partial charge in [0.15, 0.2) is 6.61 Å². The monoisotopic (exact) mass is 253 g/mol. The van der Waals surface area contributed by atoms with Crippen LogP contribution in [0.2, 0.25) is 0 Å². The molecule has 0 spiro atoms. The van der Waals surface area contributed by atoms with E-state index in [1.54, 1.807) is 42.6 Å². The molecule has 0 saturated heterocycles. The summed E-state index contributed by atoms with van der Waals surface area (Å²) >= 11 is 0. The molecule has 5 nitrogen and oxygen atoms in total. The summed E-state index contributed by atoms with van der Waals surface area (Å²) in [4.78, 5) is 15.5. The number of benzene rings is 1. The van der Waals surface area contributed by atoms with Gasteiger partial charge >= 0.3 is 0 Å². The molecule has 0 aliphatic heterocycles. The average Bonchev–Trinajstić information content (AvgIpc) is 2.47. The summed E-state index contributed by atoms with van der Waals surface area (Å²) in [6.07, 6.45) is 3.17. The zero-order valence-electron chi connectivity index (χ0n) is 10.0. The first-order valence-corrected chi connectivity index (χ1v) is 5.61. The summed E-state index contributed by atoms with van der Waals surface area (Å²) in [7, 11) is 0. The number of pyridine rings is 1. The van der Waals surface area contributed by atoms with Crippen LogP contribution in [0.3, 0.4) is 0 Å². The van der Waals surface area contributed by atoms with Gasteiger partial charge in [-0.1, -0.05) is 0 Å². The number of carbonyl (C=O) groups excluding carboxylic acids is 1. The van der Waals surface area contributed by atoms with Gasteiger partial charge in [-0.15, -0.1) is 0 Å². The molecule has 0 saturated carbocycles. The Morgan fingerprint density at radius 3 is 2.74 bits per heavy atom. The second-order valence-corrected chi connectivity index (χ2v) is 3.71. The van der Waals surface area contributed by atoms with E-state index in [1.165, 1.54) is 6.20 Å². The zero-order valence-corrected chi connectivity index (χ0v) is 10.0. The number of ether oxygens (including phenoxy) is 1. The number of nitriles is 1. The number of hydrogen-bond donors (Lipinski definition) is 1. The molecule has 0 fully saturated rings. The van der Waals surface area contributed by atoms with Gasteiger partial charge < -0.3 is 10.1 Å². The van der Waals surface area contributed by atoms with Crippen LogP contribution >= 0.6 is 0 Å². The minimum atomic E-state index is -0.270. The Balaban J connectivity index is 1.86. The first-order chi connectivity index (χ1) is 9.28. The van der Waals surface area contributed by atoms with Crippen LogP contribution in [-0.2, 0) is 4.79 Å². The molecule has 19 heavy (non-hydrogen) atoms. The number of amides is 1. The summed E-state index contributed by atoms with van der Waals surface area (Å²) in [5.74, 6) is 0.269. The number of hydrogen-bond acceptors (Lipinski definition) is 4. The quantitative estimate of drug-likeness (QED) is 0.903. The Kier molecular flexibility index (Phi) is 4.09. The van der Waals surface area contributed by atoms with Crippen molar-refractivity contribution in [1.29, 1.82) is 5.26 Å². The van der Waals surface area contributed by atoms with E-state index in [4.69, 9.17) is 10.00 Å². The standard InChI is InChI=1S/C14H11N3O2/c15-8-11-3-5-12(6-4-11)17-14(18)10-19-13-2-1-7-16-9-13/h1-7,9H,10H2,(H,17,18). The number of rotatable bonds is 4. The van der Waals surface area contributed by atoms with E-state index in [0.29, 0.717) is 17.0 Å². The van der Waals surface area contributed by atoms with Crippen LogP contribution in [0, 0.1) is 11.3 Å². The fourth-order valence-corrected chi connectivity index (χ4v) is 1.41. The Morgan fingerprint density at radius 2 is 2.11 bits per heavy atom. The van der Waals surface area contributed by atoms with E-state index < -0.39 is 0 Å². The van der Waals surface area contributed by atoms with Gasteiger partial charge in [0.25, 0.3) is 5.91 Å². The lowest BCUT2D eigenvalue weighted by atomic mass is 10.2. The van der Waals surface area contributed by atoms with Gasteiger partial charge in [-0.25, -0.2) is 0 Å². The van der Waals surface area contributed by atoms with E-state index in [1.807, 2.05) is 6.07 Å². The van der Waals surface area contributed by atoms with E-state index in [2.05, 4.69) is 10.3 Å². The van der Waals surface area contributed by atoms with Crippen LogP contribution in [0.15, 0.2) is 48.8 Å². The van der Waals surface area contributed by atoms with Gasteiger partial charge in [-0.05, 0) is 36.4 Å². The minimum absolute atomic E-state index is 0.0916. The predicted octanol–water partition coefficient (Wildman–Crippen LogP) is 1.97. The van der Waals surface area contributed by atoms with Crippen molar-refractivity contribution >= 4 is 11.6 Å². The van der Waals surface area contributed by atoms with Crippen molar-refractivity contribution in [2.45, 2.75) is 0 Å². The molecule has 0 bridgehead atoms. The molecule has 0 aliphatic carbocycles. The average molecular weight is 253 g/mol. The minimum Gasteiger partial charge on any atom is -0.482 e. The second kappa shape index (κ2) is 6.17. The lowest BCUT2D eigenvalue weighted by Gasteiger charge is -2.07. The maximum Gasteiger partial charge on any atom is 0.262 e. The van der Waals surface area contributed by atoms with Gasteiger partial charge in [0.1, 0.15) is 5.75 Å². The highest BCUT2D eigenvalue weighted by Crippen LogP contribution is 2.09. The normalized spacial score (nSPS) is 9.42. The number of nitrogens with zero attached hydrogens (tertiary/aromatic N) is 2. The van der Waals surface area contributed by atoms with E-state index >= 15 is 0 Å². The van der Waals surface area contributed by atoms with Crippen molar-refractivity contribution in [1.82, 2.24) is 4.98 Å². The van der Waals surface area contributed by atoms with Crippen LogP contribution < -0.4 is 10.1 Å². The van der Waals surface area contributed by atoms with Crippen LogP contribution in [0.1, 0.15) is 5.56 Å². The van der Waals surface area contributed by atoms with Crippen molar-refractivity contribution in [3.8, 4) is 11.8 Å². The van der Waals surface area contributed by atoms with Crippen molar-refractivity contribution in [3.05, 3.63) is 54.4 Å². The molecule has 1 N–H and O–H groups in total. The molecule has 2 aromatic rings. The van der Waals surface area contributed by atoms with E-state index in [0.717, 1.165) is 0 Å². The van der Waals surface area contributed by atoms with Crippen molar-refractivity contribution in [2.24, 2.45) is 0 Å². The van der Waals surface area contributed by atoms with Gasteiger partial charge in [-0.2, -0.15) is 5.26 Å². The maximum atomic E-state index is 11.6. The predicted molar refractivity (Wildman–Crippen MR) is 69.5 cm³/mol. The van der Waals surface area contributed by atoms with E-state index in [9.17, 15) is 4.79 Å². The summed E-state index contributed by atoms with van der Waals surface area (Å²) in [5, 5.41) is 11.3. The first kappa shape index (κ1) is 12.6. The molecule has 94 valence electrons. The number of anilines is 1. The summed E-state index contributed by atoms with van der Waals surface area (Å²) in [6, 6.07) is 12.1. The molecule has 1 heterocycles. The topological polar surface area (TPSA) is 75.0 Å². The van der Waals surface area contributed by atoms with Gasteiger partial charge in [0.05, 0.1) is 17.8 Å². The molecular weight excluding hydrogens is 242 g/mol. The highest BCUT2D eigenvalue weighted by Gasteiger charge is 2.03. The van der Waals surface area contributed by atoms with Crippen LogP contribution in [0.25, 0.3) is 0 Å². The van der Waals surface area contributed by atoms with Crippen LogP contribution in [0.5, 0.6) is 5.75 Å². The summed E-state index contributed by atoms with van der Waals surface area (Å²) in [6.45, 7) is -0.0916. The smallest absolute Gasteiger partial charge is 0.262 e. The molecule has 0 atom stereocenters. The third-order valence-corrected chi connectivity index (χ3v) is 2.30. The molecule has 1 aromatic heterocycles. The number of aromatic nitrogens is 1. The fraction of sp³-hybridized carbons (Fsp3) is 0.0714. The highest BCUT2D eigenvalue weighted by atomic mass is 16.5. The van der Waals surface area contributed by atoms with Gasteiger partial charge in [-0.3, -0.25) is 9.78 Å². The van der Waals surface area contributed by atoms with Crippen molar-refractivity contribution < 1.29 is 9.53 Å². The SMILES string of the molecule is N#Cc1ccc(NC(=O)COc2cccnc2)cc1. The molecule has 0 radical (unpaired) electrons. The van der Waals surface area contributed by atoms with Crippen LogP contribution in [0.4, 0.5) is 5.69 Å². The third kappa shape index (κ3) is 3.82. The third-order valence-electron chi connectivity index (χ3n) is 2.30. The number of carbonyl (C=O) groups is 1. The molecule has 0 aliphatic rings. The molecular formula is C14H11N3O2. The van der Waals surface area contributed by atoms with Crippen molar-refractivity contribution in [3.63, 3.8) is 0 Å². The Bertz CT molecular complexity index is 588. The summed E-state index contributed by atoms with van der Waals surface area (Å²) in [5.41, 5.74) is 1.17. The van der Waals surface area contributed by atoms with Crippen molar-refractivity contribution in [2.75, 3.05) is 11.9 Å².